The second-order valence-corrected chi connectivity index (χ2v) is 12.3. The van der Waals surface area contributed by atoms with E-state index in [1.165, 1.54) is 6.33 Å². The number of carbonyl (C=O) groups is 1. The fourth-order valence-corrected chi connectivity index (χ4v) is 5.70. The number of rotatable bonds is 8. The lowest BCUT2D eigenvalue weighted by Crippen LogP contribution is -2.43. The van der Waals surface area contributed by atoms with Crippen molar-refractivity contribution in [1.29, 1.82) is 0 Å². The predicted molar refractivity (Wildman–Crippen MR) is 168 cm³/mol. The van der Waals surface area contributed by atoms with Crippen molar-refractivity contribution in [2.75, 3.05) is 12.8 Å². The number of nitrogens with one attached hydrogen (secondary N) is 2. The Morgan fingerprint density at radius 1 is 1.02 bits per heavy atom. The van der Waals surface area contributed by atoms with Gasteiger partial charge in [-0.15, -0.1) is 0 Å². The molecule has 5 aromatic rings. The number of nitrogen functional groups attached to an aromatic ring is 1. The fourth-order valence-electron chi connectivity index (χ4n) is 5.70. The first-order valence-corrected chi connectivity index (χ1v) is 15.0. The Morgan fingerprint density at radius 3 is 2.39 bits per heavy atom. The number of fused-ring (bicyclic) bond motifs is 1. The van der Waals surface area contributed by atoms with Crippen LogP contribution in [0, 0.1) is 0 Å². The third-order valence-corrected chi connectivity index (χ3v) is 8.13. The lowest BCUT2D eigenvalue weighted by Gasteiger charge is -2.30. The van der Waals surface area contributed by atoms with Crippen molar-refractivity contribution in [3.8, 4) is 22.8 Å². The number of para-hydroxylation sites is 1. The first-order chi connectivity index (χ1) is 21.2. The fraction of sp³-hybridized carbons (Fsp3) is 0.364. The van der Waals surface area contributed by atoms with Crippen molar-refractivity contribution in [2.45, 2.75) is 70.0 Å². The third kappa shape index (κ3) is 6.00. The normalized spacial score (nSPS) is 17.8. The minimum atomic E-state index is -0.589. The molecule has 0 bridgehead atoms. The van der Waals surface area contributed by atoms with Gasteiger partial charge in [-0.1, -0.05) is 44.1 Å². The summed E-state index contributed by atoms with van der Waals surface area (Å²) in [7, 11) is 1.75. The number of nitrogens with zero attached hydrogens (tertiary/aromatic N) is 5. The molecule has 0 radical (unpaired) electrons. The summed E-state index contributed by atoms with van der Waals surface area (Å²) in [6.07, 6.45) is 4.76. The monoisotopic (exact) mass is 594 g/mol. The zero-order valence-electron chi connectivity index (χ0n) is 25.4. The van der Waals surface area contributed by atoms with E-state index in [2.05, 4.69) is 25.8 Å². The second-order valence-electron chi connectivity index (χ2n) is 12.3. The van der Waals surface area contributed by atoms with Gasteiger partial charge in [0.15, 0.2) is 5.65 Å². The van der Waals surface area contributed by atoms with Crippen LogP contribution in [0.5, 0.6) is 11.5 Å². The first kappa shape index (κ1) is 29.3. The molecule has 0 spiro atoms. The van der Waals surface area contributed by atoms with Gasteiger partial charge in [0.1, 0.15) is 46.8 Å². The Balaban J connectivity index is 1.16. The van der Waals surface area contributed by atoms with E-state index in [-0.39, 0.29) is 23.4 Å². The zero-order valence-corrected chi connectivity index (χ0v) is 25.4. The van der Waals surface area contributed by atoms with E-state index < -0.39 is 6.04 Å². The molecule has 44 heavy (non-hydrogen) atoms. The van der Waals surface area contributed by atoms with Gasteiger partial charge in [0.05, 0.1) is 11.4 Å². The van der Waals surface area contributed by atoms with Crippen LogP contribution in [0.15, 0.2) is 71.5 Å². The molecular weight excluding hydrogens is 556 g/mol. The zero-order chi connectivity index (χ0) is 30.8. The average Bonchev–Trinajstić information content (AvgIpc) is 3.66. The number of carbonyl (C=O) groups excluding carboxylic acids is 1. The van der Waals surface area contributed by atoms with Crippen molar-refractivity contribution >= 4 is 22.8 Å². The maximum absolute atomic E-state index is 13.2. The summed E-state index contributed by atoms with van der Waals surface area (Å²) in [5, 5.41) is 16.2. The van der Waals surface area contributed by atoms with Crippen LogP contribution in [0.3, 0.4) is 0 Å². The van der Waals surface area contributed by atoms with Crippen LogP contribution in [-0.4, -0.2) is 43.9 Å². The number of ether oxygens (including phenoxy) is 1. The molecular formula is C33H38N8O3. The Hall–Kier alpha value is -4.77. The molecule has 1 saturated carbocycles. The molecule has 228 valence electrons. The summed E-state index contributed by atoms with van der Waals surface area (Å²) in [5.74, 6) is 2.52. The molecule has 2 aromatic carbocycles. The molecule has 3 heterocycles. The van der Waals surface area contributed by atoms with Crippen LogP contribution in [0.2, 0.25) is 0 Å². The number of benzene rings is 2. The minimum absolute atomic E-state index is 0.0433. The lowest BCUT2D eigenvalue weighted by atomic mass is 9.90. The van der Waals surface area contributed by atoms with E-state index in [0.29, 0.717) is 17.2 Å². The first-order valence-electron chi connectivity index (χ1n) is 15.0. The van der Waals surface area contributed by atoms with Crippen molar-refractivity contribution in [3.05, 3.63) is 78.4 Å². The summed E-state index contributed by atoms with van der Waals surface area (Å²) >= 11 is 0. The third-order valence-electron chi connectivity index (χ3n) is 8.13. The maximum Gasteiger partial charge on any atom is 0.243 e. The van der Waals surface area contributed by atoms with E-state index in [4.69, 9.17) is 20.1 Å². The quantitative estimate of drug-likeness (QED) is 0.205. The van der Waals surface area contributed by atoms with Gasteiger partial charge in [-0.2, -0.15) is 5.10 Å². The summed E-state index contributed by atoms with van der Waals surface area (Å²) in [4.78, 5) is 22.1. The summed E-state index contributed by atoms with van der Waals surface area (Å²) in [5.41, 5.74) is 9.10. The Morgan fingerprint density at radius 2 is 1.73 bits per heavy atom. The molecule has 0 aliphatic heterocycles. The Kier molecular flexibility index (Phi) is 8.05. The largest absolute Gasteiger partial charge is 0.457 e. The van der Waals surface area contributed by atoms with Crippen molar-refractivity contribution in [1.82, 2.24) is 35.5 Å². The van der Waals surface area contributed by atoms with Crippen LogP contribution in [0.25, 0.3) is 22.3 Å². The van der Waals surface area contributed by atoms with E-state index >= 15 is 0 Å². The Labute approximate surface area is 256 Å². The molecule has 4 N–H and O–H groups in total. The Bertz CT molecular complexity index is 1730. The molecule has 1 amide bonds. The lowest BCUT2D eigenvalue weighted by molar-refractivity contribution is -0.124. The number of hydrogen-bond donors (Lipinski definition) is 3. The number of anilines is 1. The highest BCUT2D eigenvalue weighted by atomic mass is 16.5. The smallest absolute Gasteiger partial charge is 0.243 e. The summed E-state index contributed by atoms with van der Waals surface area (Å²) < 4.78 is 13.5. The van der Waals surface area contributed by atoms with Crippen LogP contribution in [0.4, 0.5) is 5.82 Å². The molecule has 1 aliphatic rings. The van der Waals surface area contributed by atoms with Gasteiger partial charge >= 0.3 is 0 Å². The van der Waals surface area contributed by atoms with Gasteiger partial charge in [0, 0.05) is 23.1 Å². The van der Waals surface area contributed by atoms with Crippen LogP contribution < -0.4 is 21.1 Å². The van der Waals surface area contributed by atoms with Crippen molar-refractivity contribution < 1.29 is 14.1 Å². The molecule has 0 saturated heterocycles. The highest BCUT2D eigenvalue weighted by molar-refractivity contribution is 5.98. The molecule has 1 atom stereocenters. The van der Waals surface area contributed by atoms with Crippen LogP contribution in [0.1, 0.15) is 70.0 Å². The highest BCUT2D eigenvalue weighted by Gasteiger charge is 2.31. The summed E-state index contributed by atoms with van der Waals surface area (Å²) in [6, 6.07) is 18.9. The standard InChI is InChI=1S/C33H38N8O3/c1-33(2,3)26-18-25(40-44-26)29(35-4)32(42)38-21-12-14-22(15-13-21)41-31-27(30(34)36-19-37-31)28(39-41)20-10-16-24(17-11-20)43-23-8-6-5-7-9-23/h5-11,16-19,21-22,29,35H,12-15H2,1-4H3,(H,38,42)(H2,34,36,37)/t21?,22?,29-/m0/s1. The minimum Gasteiger partial charge on any atom is -0.457 e. The number of likely N-dealkylation sites (N-methyl/N-ethyl adjacent to an activating group) is 1. The van der Waals surface area contributed by atoms with Gasteiger partial charge < -0.3 is 25.6 Å². The highest BCUT2D eigenvalue weighted by Crippen LogP contribution is 2.37. The van der Waals surface area contributed by atoms with Gasteiger partial charge in [0.25, 0.3) is 0 Å². The topological polar surface area (TPSA) is 146 Å². The van der Waals surface area contributed by atoms with E-state index in [0.717, 1.165) is 59.6 Å². The molecule has 1 fully saturated rings. The average molecular weight is 595 g/mol. The molecule has 11 heteroatoms. The van der Waals surface area contributed by atoms with Gasteiger partial charge in [-0.3, -0.25) is 4.79 Å². The van der Waals surface area contributed by atoms with E-state index in [1.807, 2.05) is 86.1 Å². The van der Waals surface area contributed by atoms with E-state index in [1.54, 1.807) is 7.05 Å². The van der Waals surface area contributed by atoms with Gasteiger partial charge in [-0.25, -0.2) is 14.6 Å². The molecule has 0 unspecified atom stereocenters. The van der Waals surface area contributed by atoms with E-state index in [9.17, 15) is 4.79 Å². The van der Waals surface area contributed by atoms with Crippen molar-refractivity contribution in [3.63, 3.8) is 0 Å². The molecule has 1 aliphatic carbocycles. The van der Waals surface area contributed by atoms with Gasteiger partial charge in [0.2, 0.25) is 5.91 Å². The maximum atomic E-state index is 13.2. The van der Waals surface area contributed by atoms with Crippen molar-refractivity contribution in [2.24, 2.45) is 0 Å². The SMILES string of the molecule is CN[C@H](C(=O)NC1CCC(n2nc(-c3ccc(Oc4ccccc4)cc3)c3c(N)ncnc32)CC1)c1cc(C(C)(C)C)on1. The predicted octanol–water partition coefficient (Wildman–Crippen LogP) is 5.71. The van der Waals surface area contributed by atoms with Crippen LogP contribution in [-0.2, 0) is 10.2 Å². The second kappa shape index (κ2) is 12.1. The number of nitrogens with two attached hydrogens (primary N) is 1. The number of hydrogen-bond acceptors (Lipinski definition) is 9. The number of aromatic nitrogens is 5. The molecule has 3 aromatic heterocycles. The van der Waals surface area contributed by atoms with Gasteiger partial charge in [-0.05, 0) is 69.1 Å². The summed E-state index contributed by atoms with van der Waals surface area (Å²) in [6.45, 7) is 6.15. The molecule has 11 nitrogen and oxygen atoms in total. The molecule has 6 rings (SSSR count). The number of amides is 1. The van der Waals surface area contributed by atoms with Crippen LogP contribution >= 0.6 is 0 Å².